The number of anilines is 3. The van der Waals surface area contributed by atoms with Crippen molar-refractivity contribution in [2.45, 2.75) is 26.7 Å². The number of carbonyl (C=O) groups excluding carboxylic acids is 2. The van der Waals surface area contributed by atoms with Crippen molar-refractivity contribution in [1.82, 2.24) is 0 Å². The van der Waals surface area contributed by atoms with Crippen LogP contribution in [0.4, 0.5) is 17.1 Å². The fraction of sp³-hybridized carbons (Fsp3) is 0.333. The van der Waals surface area contributed by atoms with E-state index in [1.165, 1.54) is 0 Å². The third-order valence-electron chi connectivity index (χ3n) is 4.94. The first kappa shape index (κ1) is 18.0. The summed E-state index contributed by atoms with van der Waals surface area (Å²) in [6.45, 7) is 6.16. The van der Waals surface area contributed by atoms with E-state index in [0.717, 1.165) is 35.7 Å². The van der Waals surface area contributed by atoms with Gasteiger partial charge in [-0.2, -0.15) is 0 Å². The molecule has 0 saturated carbocycles. The maximum Gasteiger partial charge on any atom is 0.255 e. The summed E-state index contributed by atoms with van der Waals surface area (Å²) >= 11 is 0. The Hall–Kier alpha value is -2.82. The average molecular weight is 351 g/mol. The number of nitrogens with one attached hydrogen (secondary N) is 1. The summed E-state index contributed by atoms with van der Waals surface area (Å²) in [5.41, 5.74) is 4.46. The molecule has 5 nitrogen and oxygen atoms in total. The van der Waals surface area contributed by atoms with Gasteiger partial charge in [-0.05, 0) is 68.3 Å². The van der Waals surface area contributed by atoms with Crippen LogP contribution in [-0.4, -0.2) is 32.0 Å². The van der Waals surface area contributed by atoms with Gasteiger partial charge in [-0.25, -0.2) is 0 Å². The fourth-order valence-electron chi connectivity index (χ4n) is 3.35. The SMILES string of the molecule is CCN(CC)c1ccc(NC(=O)c2ccc3c(c2)CCC(=O)N3C)cc1. The summed E-state index contributed by atoms with van der Waals surface area (Å²) in [7, 11) is 1.78. The van der Waals surface area contributed by atoms with Gasteiger partial charge in [-0.1, -0.05) is 0 Å². The van der Waals surface area contributed by atoms with E-state index < -0.39 is 0 Å². The minimum Gasteiger partial charge on any atom is -0.372 e. The van der Waals surface area contributed by atoms with Crippen LogP contribution in [0.3, 0.4) is 0 Å². The normalized spacial score (nSPS) is 13.3. The Bertz CT molecular complexity index is 811. The van der Waals surface area contributed by atoms with E-state index in [1.54, 1.807) is 18.0 Å². The Morgan fingerprint density at radius 3 is 2.42 bits per heavy atom. The topological polar surface area (TPSA) is 52.7 Å². The highest BCUT2D eigenvalue weighted by molar-refractivity contribution is 6.05. The lowest BCUT2D eigenvalue weighted by atomic mass is 9.99. The van der Waals surface area contributed by atoms with E-state index >= 15 is 0 Å². The molecule has 0 atom stereocenters. The van der Waals surface area contributed by atoms with Crippen LogP contribution in [0.5, 0.6) is 0 Å². The van der Waals surface area contributed by atoms with Gasteiger partial charge in [0.15, 0.2) is 0 Å². The first-order valence-corrected chi connectivity index (χ1v) is 9.09. The summed E-state index contributed by atoms with van der Waals surface area (Å²) in [5, 5.41) is 2.95. The molecular formula is C21H25N3O2. The molecule has 2 aromatic rings. The smallest absolute Gasteiger partial charge is 0.255 e. The Morgan fingerprint density at radius 2 is 1.77 bits per heavy atom. The lowest BCUT2D eigenvalue weighted by Gasteiger charge is -2.26. The third-order valence-corrected chi connectivity index (χ3v) is 4.94. The highest BCUT2D eigenvalue weighted by Crippen LogP contribution is 2.28. The molecule has 0 saturated heterocycles. The maximum atomic E-state index is 12.6. The van der Waals surface area contributed by atoms with Crippen LogP contribution < -0.4 is 15.1 Å². The predicted molar refractivity (Wildman–Crippen MR) is 106 cm³/mol. The number of hydrogen-bond donors (Lipinski definition) is 1. The molecule has 26 heavy (non-hydrogen) atoms. The molecule has 1 heterocycles. The Labute approximate surface area is 154 Å². The molecule has 1 aliphatic heterocycles. The largest absolute Gasteiger partial charge is 0.372 e. The second-order valence-corrected chi connectivity index (χ2v) is 6.47. The lowest BCUT2D eigenvalue weighted by Crippen LogP contribution is -2.31. The van der Waals surface area contributed by atoms with Gasteiger partial charge in [0.05, 0.1) is 0 Å². The van der Waals surface area contributed by atoms with Gasteiger partial charge in [-0.15, -0.1) is 0 Å². The van der Waals surface area contributed by atoms with E-state index in [4.69, 9.17) is 0 Å². The summed E-state index contributed by atoms with van der Waals surface area (Å²) in [4.78, 5) is 28.3. The van der Waals surface area contributed by atoms with Crippen molar-refractivity contribution in [1.29, 1.82) is 0 Å². The number of fused-ring (bicyclic) bond motifs is 1. The number of amides is 2. The molecule has 2 amide bonds. The molecule has 5 heteroatoms. The predicted octanol–water partition coefficient (Wildman–Crippen LogP) is 3.69. The maximum absolute atomic E-state index is 12.6. The number of nitrogens with zero attached hydrogens (tertiary/aromatic N) is 2. The Morgan fingerprint density at radius 1 is 1.08 bits per heavy atom. The molecule has 2 aromatic carbocycles. The van der Waals surface area contributed by atoms with Crippen LogP contribution in [0.1, 0.15) is 36.2 Å². The van der Waals surface area contributed by atoms with Crippen molar-refractivity contribution in [2.24, 2.45) is 0 Å². The third kappa shape index (κ3) is 3.57. The van der Waals surface area contributed by atoms with E-state index in [1.807, 2.05) is 36.4 Å². The van der Waals surface area contributed by atoms with Gasteiger partial charge in [0.1, 0.15) is 0 Å². The molecule has 0 spiro atoms. The van der Waals surface area contributed by atoms with Gasteiger partial charge in [0.2, 0.25) is 5.91 Å². The first-order valence-electron chi connectivity index (χ1n) is 9.09. The van der Waals surface area contributed by atoms with Crippen LogP contribution in [0, 0.1) is 0 Å². The van der Waals surface area contributed by atoms with Crippen LogP contribution in [-0.2, 0) is 11.2 Å². The first-order chi connectivity index (χ1) is 12.5. The van der Waals surface area contributed by atoms with E-state index in [0.29, 0.717) is 18.4 Å². The molecule has 0 aromatic heterocycles. The Balaban J connectivity index is 1.73. The van der Waals surface area contributed by atoms with Crippen molar-refractivity contribution < 1.29 is 9.59 Å². The number of benzene rings is 2. The van der Waals surface area contributed by atoms with Crippen LogP contribution in [0.2, 0.25) is 0 Å². The van der Waals surface area contributed by atoms with E-state index in [2.05, 4.69) is 24.1 Å². The van der Waals surface area contributed by atoms with E-state index in [-0.39, 0.29) is 11.8 Å². The molecule has 136 valence electrons. The summed E-state index contributed by atoms with van der Waals surface area (Å²) in [6.07, 6.45) is 1.17. The van der Waals surface area contributed by atoms with Crippen LogP contribution in [0.25, 0.3) is 0 Å². The van der Waals surface area contributed by atoms with Crippen molar-refractivity contribution in [2.75, 3.05) is 35.3 Å². The molecule has 0 unspecified atom stereocenters. The van der Waals surface area contributed by atoms with Crippen molar-refractivity contribution >= 4 is 28.9 Å². The molecule has 1 aliphatic rings. The minimum atomic E-state index is -0.136. The monoisotopic (exact) mass is 351 g/mol. The quantitative estimate of drug-likeness (QED) is 0.894. The summed E-state index contributed by atoms with van der Waals surface area (Å²) < 4.78 is 0. The van der Waals surface area contributed by atoms with Crippen molar-refractivity contribution in [3.8, 4) is 0 Å². The number of aryl methyl sites for hydroxylation is 1. The Kier molecular flexibility index (Phi) is 5.26. The standard InChI is InChI=1S/C21H25N3O2/c1-4-24(5-2)18-10-8-17(9-11-18)22-21(26)16-6-12-19-15(14-16)7-13-20(25)23(19)3/h6,8-12,14H,4-5,7,13H2,1-3H3,(H,22,26). The number of hydrogen-bond acceptors (Lipinski definition) is 3. The molecular weight excluding hydrogens is 326 g/mol. The van der Waals surface area contributed by atoms with Gasteiger partial charge >= 0.3 is 0 Å². The van der Waals surface area contributed by atoms with Gasteiger partial charge in [0.25, 0.3) is 5.91 Å². The van der Waals surface area contributed by atoms with Gasteiger partial charge < -0.3 is 15.1 Å². The van der Waals surface area contributed by atoms with E-state index in [9.17, 15) is 9.59 Å². The van der Waals surface area contributed by atoms with Gasteiger partial charge in [0, 0.05) is 49.2 Å². The second kappa shape index (κ2) is 7.60. The molecule has 0 fully saturated rings. The summed E-state index contributed by atoms with van der Waals surface area (Å²) in [6, 6.07) is 13.4. The van der Waals surface area contributed by atoms with Gasteiger partial charge in [-0.3, -0.25) is 9.59 Å². The molecule has 0 radical (unpaired) electrons. The zero-order valence-corrected chi connectivity index (χ0v) is 15.6. The molecule has 0 aliphatic carbocycles. The zero-order valence-electron chi connectivity index (χ0n) is 15.6. The lowest BCUT2D eigenvalue weighted by molar-refractivity contribution is -0.118. The number of rotatable bonds is 5. The minimum absolute atomic E-state index is 0.114. The number of carbonyl (C=O) groups is 2. The average Bonchev–Trinajstić information content (AvgIpc) is 2.67. The van der Waals surface area contributed by atoms with Crippen LogP contribution >= 0.6 is 0 Å². The zero-order chi connectivity index (χ0) is 18.7. The van der Waals surface area contributed by atoms with Crippen LogP contribution in [0.15, 0.2) is 42.5 Å². The fourth-order valence-corrected chi connectivity index (χ4v) is 3.35. The molecule has 3 rings (SSSR count). The molecule has 1 N–H and O–H groups in total. The molecule has 0 bridgehead atoms. The highest BCUT2D eigenvalue weighted by Gasteiger charge is 2.21. The van der Waals surface area contributed by atoms with Crippen molar-refractivity contribution in [3.05, 3.63) is 53.6 Å². The van der Waals surface area contributed by atoms with Crippen molar-refractivity contribution in [3.63, 3.8) is 0 Å². The highest BCUT2D eigenvalue weighted by atomic mass is 16.2. The summed E-state index contributed by atoms with van der Waals surface area (Å²) in [5.74, 6) is -0.0223. The second-order valence-electron chi connectivity index (χ2n) is 6.47.